The van der Waals surface area contributed by atoms with E-state index in [-0.39, 0.29) is 22.4 Å². The molecule has 0 saturated heterocycles. The van der Waals surface area contributed by atoms with Gasteiger partial charge in [-0.1, -0.05) is 156 Å². The van der Waals surface area contributed by atoms with Crippen LogP contribution in [-0.2, 0) is 17.4 Å². The fourth-order valence-electron chi connectivity index (χ4n) is 6.59. The molecule has 284 valence electrons. The predicted octanol–water partition coefficient (Wildman–Crippen LogP) is 12.8. The van der Waals surface area contributed by atoms with Crippen LogP contribution in [0.25, 0.3) is 11.4 Å². The molecule has 3 aromatic rings. The van der Waals surface area contributed by atoms with Gasteiger partial charge in [-0.3, -0.25) is 9.36 Å². The van der Waals surface area contributed by atoms with Crippen molar-refractivity contribution in [2.45, 2.75) is 175 Å². The Labute approximate surface area is 310 Å². The molecule has 1 heterocycles. The standard InChI is InChI=1S/C45H70N2O4/c1-8-11-12-13-14-15-16-17-18-19-20-21-22-23-31-50-38-27-24-26-36(33-38)42-46-40(35-48)43(49)47(42)30-25-32-51-41-29-28-37(44(4,5)9-2)34-39(41)45(6,7)10-3/h24,26-29,33-35,49H,8-23,25,30-32H2,1-7H3. The molecule has 0 unspecified atom stereocenters. The molecule has 0 spiro atoms. The Morgan fingerprint density at radius 1 is 0.706 bits per heavy atom. The summed E-state index contributed by atoms with van der Waals surface area (Å²) in [6, 6.07) is 14.4. The van der Waals surface area contributed by atoms with Crippen molar-refractivity contribution < 1.29 is 19.4 Å². The molecule has 0 aliphatic heterocycles. The summed E-state index contributed by atoms with van der Waals surface area (Å²) in [7, 11) is 0. The van der Waals surface area contributed by atoms with Crippen molar-refractivity contribution >= 4 is 6.29 Å². The number of imidazole rings is 1. The number of unbranched alkanes of at least 4 members (excludes halogenated alkanes) is 13. The number of rotatable bonds is 27. The van der Waals surface area contributed by atoms with Gasteiger partial charge in [-0.05, 0) is 60.3 Å². The highest BCUT2D eigenvalue weighted by Gasteiger charge is 2.27. The fourth-order valence-corrected chi connectivity index (χ4v) is 6.59. The molecule has 6 nitrogen and oxygen atoms in total. The van der Waals surface area contributed by atoms with E-state index in [2.05, 4.69) is 71.6 Å². The van der Waals surface area contributed by atoms with Gasteiger partial charge in [0.25, 0.3) is 0 Å². The highest BCUT2D eigenvalue weighted by atomic mass is 16.5. The van der Waals surface area contributed by atoms with E-state index >= 15 is 0 Å². The van der Waals surface area contributed by atoms with Crippen LogP contribution in [0.5, 0.6) is 17.4 Å². The molecule has 1 N–H and O–H groups in total. The molecule has 0 atom stereocenters. The van der Waals surface area contributed by atoms with Crippen molar-refractivity contribution in [3.8, 4) is 28.8 Å². The van der Waals surface area contributed by atoms with E-state index in [1.54, 1.807) is 4.57 Å². The largest absolute Gasteiger partial charge is 0.494 e. The second-order valence-electron chi connectivity index (χ2n) is 15.8. The van der Waals surface area contributed by atoms with Gasteiger partial charge in [0, 0.05) is 17.7 Å². The van der Waals surface area contributed by atoms with Crippen LogP contribution in [0.2, 0.25) is 0 Å². The van der Waals surface area contributed by atoms with Gasteiger partial charge in [0.2, 0.25) is 5.88 Å². The summed E-state index contributed by atoms with van der Waals surface area (Å²) in [5.41, 5.74) is 3.47. The summed E-state index contributed by atoms with van der Waals surface area (Å²) in [6.07, 6.45) is 22.0. The Morgan fingerprint density at radius 2 is 1.29 bits per heavy atom. The molecule has 6 heteroatoms. The van der Waals surface area contributed by atoms with Gasteiger partial charge in [0.05, 0.1) is 13.2 Å². The third-order valence-electron chi connectivity index (χ3n) is 11.0. The minimum absolute atomic E-state index is 0.0245. The van der Waals surface area contributed by atoms with Crippen LogP contribution in [0.15, 0.2) is 42.5 Å². The zero-order valence-electron chi connectivity index (χ0n) is 33.3. The zero-order chi connectivity index (χ0) is 37.1. The number of carbonyl (C=O) groups excluding carboxylic acids is 1. The minimum atomic E-state index is -0.118. The molecule has 0 fully saturated rings. The SMILES string of the molecule is CCCCCCCCCCCCCCCCOc1cccc(-c2nc(C=O)c(O)n2CCCOc2ccc(C(C)(C)CC)cc2C(C)(C)CC)c1. The molecular weight excluding hydrogens is 633 g/mol. The van der Waals surface area contributed by atoms with Crippen LogP contribution in [-0.4, -0.2) is 34.2 Å². The molecule has 0 aliphatic carbocycles. The Morgan fingerprint density at radius 3 is 1.88 bits per heavy atom. The highest BCUT2D eigenvalue weighted by molar-refractivity contribution is 5.78. The minimum Gasteiger partial charge on any atom is -0.494 e. The predicted molar refractivity (Wildman–Crippen MR) is 214 cm³/mol. The summed E-state index contributed by atoms with van der Waals surface area (Å²) in [4.78, 5) is 16.3. The summed E-state index contributed by atoms with van der Waals surface area (Å²) >= 11 is 0. The second-order valence-corrected chi connectivity index (χ2v) is 15.8. The molecule has 0 saturated carbocycles. The maximum Gasteiger partial charge on any atom is 0.222 e. The van der Waals surface area contributed by atoms with E-state index < -0.39 is 0 Å². The van der Waals surface area contributed by atoms with Crippen molar-refractivity contribution in [1.82, 2.24) is 9.55 Å². The molecule has 0 radical (unpaired) electrons. The lowest BCUT2D eigenvalue weighted by Gasteiger charge is -2.30. The number of hydrogen-bond acceptors (Lipinski definition) is 5. The topological polar surface area (TPSA) is 73.6 Å². The maximum atomic E-state index is 11.8. The number of aldehydes is 1. The third-order valence-corrected chi connectivity index (χ3v) is 11.0. The first kappa shape index (κ1) is 42.1. The van der Waals surface area contributed by atoms with Crippen molar-refractivity contribution in [2.75, 3.05) is 13.2 Å². The lowest BCUT2D eigenvalue weighted by atomic mass is 9.76. The van der Waals surface area contributed by atoms with Crippen molar-refractivity contribution in [1.29, 1.82) is 0 Å². The van der Waals surface area contributed by atoms with Gasteiger partial charge in [-0.15, -0.1) is 0 Å². The van der Waals surface area contributed by atoms with Gasteiger partial charge < -0.3 is 14.6 Å². The first-order valence-electron chi connectivity index (χ1n) is 20.3. The van der Waals surface area contributed by atoms with Crippen molar-refractivity contribution in [2.24, 2.45) is 0 Å². The molecule has 51 heavy (non-hydrogen) atoms. The van der Waals surface area contributed by atoms with Crippen LogP contribution in [0, 0.1) is 0 Å². The molecule has 0 amide bonds. The summed E-state index contributed by atoms with van der Waals surface area (Å²) in [5.74, 6) is 2.11. The van der Waals surface area contributed by atoms with Crippen LogP contribution in [0.4, 0.5) is 0 Å². The normalized spacial score (nSPS) is 12.0. The van der Waals surface area contributed by atoms with E-state index in [0.717, 1.165) is 36.3 Å². The van der Waals surface area contributed by atoms with E-state index in [1.165, 1.54) is 94.6 Å². The number of ether oxygens (including phenoxy) is 2. The van der Waals surface area contributed by atoms with E-state index in [1.807, 2.05) is 24.3 Å². The summed E-state index contributed by atoms with van der Waals surface area (Å²) < 4.78 is 14.2. The van der Waals surface area contributed by atoms with Crippen molar-refractivity contribution in [3.63, 3.8) is 0 Å². The van der Waals surface area contributed by atoms with Gasteiger partial charge in [0.1, 0.15) is 17.3 Å². The Hall–Kier alpha value is -3.28. The summed E-state index contributed by atoms with van der Waals surface area (Å²) in [5, 5.41) is 10.9. The highest BCUT2D eigenvalue weighted by Crippen LogP contribution is 2.38. The van der Waals surface area contributed by atoms with Crippen LogP contribution >= 0.6 is 0 Å². The first-order valence-corrected chi connectivity index (χ1v) is 20.3. The molecule has 1 aromatic heterocycles. The molecule has 3 rings (SSSR count). The number of carbonyl (C=O) groups is 1. The van der Waals surface area contributed by atoms with Gasteiger partial charge >= 0.3 is 0 Å². The number of benzene rings is 2. The molecular formula is C45H70N2O4. The van der Waals surface area contributed by atoms with Gasteiger partial charge in [-0.25, -0.2) is 4.98 Å². The van der Waals surface area contributed by atoms with E-state index in [4.69, 9.17) is 9.47 Å². The van der Waals surface area contributed by atoms with Gasteiger partial charge in [-0.2, -0.15) is 0 Å². The third kappa shape index (κ3) is 13.3. The number of nitrogens with zero attached hydrogens (tertiary/aromatic N) is 2. The zero-order valence-corrected chi connectivity index (χ0v) is 33.3. The Bertz CT molecular complexity index is 1440. The fraction of sp³-hybridized carbons (Fsp3) is 0.644. The Balaban J connectivity index is 1.49. The van der Waals surface area contributed by atoms with Crippen LogP contribution in [0.3, 0.4) is 0 Å². The van der Waals surface area contributed by atoms with E-state index in [9.17, 15) is 9.90 Å². The average Bonchev–Trinajstić information content (AvgIpc) is 3.46. The second kappa shape index (κ2) is 21.9. The monoisotopic (exact) mass is 703 g/mol. The number of hydrogen-bond donors (Lipinski definition) is 1. The molecule has 2 aromatic carbocycles. The van der Waals surface area contributed by atoms with Crippen molar-refractivity contribution in [3.05, 3.63) is 59.3 Å². The van der Waals surface area contributed by atoms with Crippen LogP contribution in [0.1, 0.15) is 179 Å². The molecule has 0 aliphatic rings. The van der Waals surface area contributed by atoms with E-state index in [0.29, 0.717) is 38.3 Å². The quantitative estimate of drug-likeness (QED) is 0.0632. The lowest BCUT2D eigenvalue weighted by Crippen LogP contribution is -2.21. The number of aromatic hydroxyl groups is 1. The van der Waals surface area contributed by atoms with Gasteiger partial charge in [0.15, 0.2) is 12.0 Å². The first-order chi connectivity index (χ1) is 24.6. The lowest BCUT2D eigenvalue weighted by molar-refractivity contribution is 0.111. The average molecular weight is 703 g/mol. The van der Waals surface area contributed by atoms with Crippen LogP contribution < -0.4 is 9.47 Å². The number of aromatic nitrogens is 2. The maximum absolute atomic E-state index is 11.8. The summed E-state index contributed by atoms with van der Waals surface area (Å²) in [6.45, 7) is 17.4. The smallest absolute Gasteiger partial charge is 0.222 e. The Kier molecular flexibility index (Phi) is 18.1. The molecule has 0 bridgehead atoms.